The van der Waals surface area contributed by atoms with Gasteiger partial charge in [0, 0.05) is 36.1 Å². The second-order valence-electron chi connectivity index (χ2n) is 7.09. The van der Waals surface area contributed by atoms with Crippen molar-refractivity contribution in [2.45, 2.75) is 19.6 Å². The van der Waals surface area contributed by atoms with E-state index in [4.69, 9.17) is 4.74 Å². The van der Waals surface area contributed by atoms with E-state index in [2.05, 4.69) is 21.4 Å². The van der Waals surface area contributed by atoms with Gasteiger partial charge in [0.25, 0.3) is 5.91 Å². The predicted molar refractivity (Wildman–Crippen MR) is 111 cm³/mol. The molecule has 2 amide bonds. The Labute approximate surface area is 168 Å². The third-order valence-electron chi connectivity index (χ3n) is 5.08. The zero-order valence-electron chi connectivity index (χ0n) is 16.3. The first-order valence-electron chi connectivity index (χ1n) is 9.40. The molecule has 1 aliphatic rings. The lowest BCUT2D eigenvalue weighted by atomic mass is 10.1. The SMILES string of the molecule is CC(c1cc2ccccc2[nH]1)N(C)C(=O)C=Cc1cnc2c(c1)COCC(=O)N2. The van der Waals surface area contributed by atoms with E-state index in [-0.39, 0.29) is 24.5 Å². The number of para-hydroxylation sites is 1. The Bertz CT molecular complexity index is 1070. The monoisotopic (exact) mass is 390 g/mol. The molecule has 2 aromatic heterocycles. The Morgan fingerprint density at radius 3 is 2.93 bits per heavy atom. The molecule has 0 bridgehead atoms. The van der Waals surface area contributed by atoms with E-state index in [1.165, 1.54) is 6.08 Å². The van der Waals surface area contributed by atoms with Gasteiger partial charge in [0.2, 0.25) is 5.91 Å². The molecule has 0 spiro atoms. The summed E-state index contributed by atoms with van der Waals surface area (Å²) in [6, 6.07) is 11.9. The summed E-state index contributed by atoms with van der Waals surface area (Å²) in [5.41, 5.74) is 3.58. The van der Waals surface area contributed by atoms with Gasteiger partial charge in [-0.1, -0.05) is 18.2 Å². The van der Waals surface area contributed by atoms with Crippen LogP contribution in [0.15, 0.2) is 48.7 Å². The number of ether oxygens (including phenoxy) is 1. The smallest absolute Gasteiger partial charge is 0.251 e. The number of H-pyrrole nitrogens is 1. The number of benzene rings is 1. The minimum Gasteiger partial charge on any atom is -0.367 e. The Morgan fingerprint density at radius 1 is 1.28 bits per heavy atom. The highest BCUT2D eigenvalue weighted by Gasteiger charge is 2.18. The van der Waals surface area contributed by atoms with Gasteiger partial charge in [-0.15, -0.1) is 0 Å². The van der Waals surface area contributed by atoms with Crippen LogP contribution >= 0.6 is 0 Å². The number of nitrogens with one attached hydrogen (secondary N) is 2. The number of anilines is 1. The summed E-state index contributed by atoms with van der Waals surface area (Å²) >= 11 is 0. The van der Waals surface area contributed by atoms with Crippen LogP contribution in [0.5, 0.6) is 0 Å². The van der Waals surface area contributed by atoms with Crippen LogP contribution in [0.2, 0.25) is 0 Å². The molecular weight excluding hydrogens is 368 g/mol. The minimum absolute atomic E-state index is 0.0104. The first-order chi connectivity index (χ1) is 14.0. The van der Waals surface area contributed by atoms with E-state index in [1.807, 2.05) is 37.3 Å². The van der Waals surface area contributed by atoms with Crippen molar-refractivity contribution in [1.29, 1.82) is 0 Å². The number of hydrogen-bond donors (Lipinski definition) is 2. The molecule has 2 N–H and O–H groups in total. The largest absolute Gasteiger partial charge is 0.367 e. The van der Waals surface area contributed by atoms with Gasteiger partial charge in [0.1, 0.15) is 12.4 Å². The van der Waals surface area contributed by atoms with E-state index in [0.29, 0.717) is 12.4 Å². The van der Waals surface area contributed by atoms with Crippen molar-refractivity contribution in [2.75, 3.05) is 19.0 Å². The first kappa shape index (κ1) is 18.9. The summed E-state index contributed by atoms with van der Waals surface area (Å²) in [6.07, 6.45) is 4.87. The summed E-state index contributed by atoms with van der Waals surface area (Å²) in [6.45, 7) is 2.30. The number of fused-ring (bicyclic) bond motifs is 2. The van der Waals surface area contributed by atoms with E-state index < -0.39 is 0 Å². The lowest BCUT2D eigenvalue weighted by molar-refractivity contribution is -0.126. The van der Waals surface area contributed by atoms with Crippen molar-refractivity contribution in [1.82, 2.24) is 14.9 Å². The van der Waals surface area contributed by atoms with E-state index in [0.717, 1.165) is 27.7 Å². The number of nitrogens with zero attached hydrogens (tertiary/aromatic N) is 2. The zero-order valence-corrected chi connectivity index (χ0v) is 16.3. The van der Waals surface area contributed by atoms with Crippen LogP contribution in [0.1, 0.15) is 29.8 Å². The third-order valence-corrected chi connectivity index (χ3v) is 5.08. The van der Waals surface area contributed by atoms with Crippen LogP contribution in [-0.2, 0) is 20.9 Å². The molecule has 0 radical (unpaired) electrons. The van der Waals surface area contributed by atoms with Gasteiger partial charge in [-0.25, -0.2) is 4.98 Å². The Hall–Kier alpha value is -3.45. The first-order valence-corrected chi connectivity index (χ1v) is 9.40. The van der Waals surface area contributed by atoms with Crippen molar-refractivity contribution >= 4 is 34.6 Å². The molecule has 3 heterocycles. The predicted octanol–water partition coefficient (Wildman–Crippen LogP) is 3.26. The number of aromatic nitrogens is 2. The molecule has 1 atom stereocenters. The highest BCUT2D eigenvalue weighted by molar-refractivity contribution is 5.93. The van der Waals surface area contributed by atoms with Crippen molar-refractivity contribution in [3.63, 3.8) is 0 Å². The molecule has 1 unspecified atom stereocenters. The Kier molecular flexibility index (Phi) is 5.14. The highest BCUT2D eigenvalue weighted by Crippen LogP contribution is 2.24. The van der Waals surface area contributed by atoms with E-state index >= 15 is 0 Å². The molecule has 3 aromatic rings. The quantitative estimate of drug-likeness (QED) is 0.670. The summed E-state index contributed by atoms with van der Waals surface area (Å²) in [7, 11) is 1.78. The molecule has 0 fully saturated rings. The van der Waals surface area contributed by atoms with Crippen molar-refractivity contribution < 1.29 is 14.3 Å². The highest BCUT2D eigenvalue weighted by atomic mass is 16.5. The number of rotatable bonds is 4. The lowest BCUT2D eigenvalue weighted by Gasteiger charge is -2.22. The maximum absolute atomic E-state index is 12.7. The second-order valence-corrected chi connectivity index (χ2v) is 7.09. The van der Waals surface area contributed by atoms with Crippen LogP contribution in [0.3, 0.4) is 0 Å². The van der Waals surface area contributed by atoms with Crippen molar-refractivity contribution in [3.8, 4) is 0 Å². The zero-order chi connectivity index (χ0) is 20.4. The molecule has 0 aliphatic carbocycles. The molecule has 7 heteroatoms. The maximum Gasteiger partial charge on any atom is 0.251 e. The number of carbonyl (C=O) groups is 2. The molecule has 1 aliphatic heterocycles. The number of likely N-dealkylation sites (N-methyl/N-ethyl adjacent to an activating group) is 1. The summed E-state index contributed by atoms with van der Waals surface area (Å²) in [5, 5.41) is 3.82. The second kappa shape index (κ2) is 7.89. The minimum atomic E-state index is -0.220. The van der Waals surface area contributed by atoms with E-state index in [9.17, 15) is 9.59 Å². The van der Waals surface area contributed by atoms with Crippen LogP contribution < -0.4 is 5.32 Å². The summed E-state index contributed by atoms with van der Waals surface area (Å²) in [5.74, 6) is 0.165. The molecule has 4 rings (SSSR count). The number of hydrogen-bond acceptors (Lipinski definition) is 4. The van der Waals surface area contributed by atoms with E-state index in [1.54, 1.807) is 24.2 Å². The fraction of sp³-hybridized carbons (Fsp3) is 0.227. The molecule has 0 saturated heterocycles. The van der Waals surface area contributed by atoms with Gasteiger partial charge >= 0.3 is 0 Å². The fourth-order valence-electron chi connectivity index (χ4n) is 3.27. The summed E-state index contributed by atoms with van der Waals surface area (Å²) in [4.78, 5) is 33.5. The third kappa shape index (κ3) is 4.05. The van der Waals surface area contributed by atoms with Crippen LogP contribution in [0.25, 0.3) is 17.0 Å². The van der Waals surface area contributed by atoms with Crippen LogP contribution in [0.4, 0.5) is 5.82 Å². The number of pyridine rings is 1. The molecule has 1 aromatic carbocycles. The average Bonchev–Trinajstić information content (AvgIpc) is 3.07. The Morgan fingerprint density at radius 2 is 2.10 bits per heavy atom. The van der Waals surface area contributed by atoms with Gasteiger partial charge in [-0.2, -0.15) is 0 Å². The Balaban J connectivity index is 1.47. The van der Waals surface area contributed by atoms with Gasteiger partial charge in [0.15, 0.2) is 0 Å². The van der Waals surface area contributed by atoms with Crippen LogP contribution in [0, 0.1) is 0 Å². The molecule has 7 nitrogen and oxygen atoms in total. The van der Waals surface area contributed by atoms with Gasteiger partial charge < -0.3 is 19.9 Å². The number of carbonyl (C=O) groups excluding carboxylic acids is 2. The maximum atomic E-state index is 12.7. The lowest BCUT2D eigenvalue weighted by Crippen LogP contribution is -2.28. The van der Waals surface area contributed by atoms with Gasteiger partial charge in [-0.3, -0.25) is 9.59 Å². The number of aromatic amines is 1. The van der Waals surface area contributed by atoms with Gasteiger partial charge in [-0.05, 0) is 42.1 Å². The average molecular weight is 390 g/mol. The standard InChI is InChI=1S/C22H22N4O3/c1-14(19-10-16-5-3-4-6-18(16)24-19)26(2)21(28)8-7-15-9-17-12-29-13-20(27)25-22(17)23-11-15/h3-11,14,24H,12-13H2,1-2H3,(H,23,25,27). The van der Waals surface area contributed by atoms with Crippen molar-refractivity contribution in [2.24, 2.45) is 0 Å². The van der Waals surface area contributed by atoms with Crippen LogP contribution in [-0.4, -0.2) is 40.3 Å². The van der Waals surface area contributed by atoms with Crippen molar-refractivity contribution in [3.05, 3.63) is 65.5 Å². The summed E-state index contributed by atoms with van der Waals surface area (Å²) < 4.78 is 5.30. The molecular formula is C22H22N4O3. The fourth-order valence-corrected chi connectivity index (χ4v) is 3.27. The molecule has 148 valence electrons. The number of amides is 2. The molecule has 0 saturated carbocycles. The normalized spacial score (nSPS) is 15.0. The molecule has 29 heavy (non-hydrogen) atoms. The topological polar surface area (TPSA) is 87.3 Å². The van der Waals surface area contributed by atoms with Gasteiger partial charge in [0.05, 0.1) is 12.6 Å².